The molecule has 3 nitrogen and oxygen atoms in total. The van der Waals surface area contributed by atoms with E-state index in [1.165, 1.54) is 12.0 Å². The molecule has 2 atom stereocenters. The second-order valence-electron chi connectivity index (χ2n) is 4.90. The highest BCUT2D eigenvalue weighted by Gasteiger charge is 2.28. The third kappa shape index (κ3) is 2.75. The predicted molar refractivity (Wildman–Crippen MR) is 76.0 cm³/mol. The normalized spacial score (nSPS) is 27.1. The first-order valence-corrected chi connectivity index (χ1v) is 7.29. The Morgan fingerprint density at radius 2 is 2.39 bits per heavy atom. The predicted octanol–water partition coefficient (Wildman–Crippen LogP) is 2.54. The van der Waals surface area contributed by atoms with Gasteiger partial charge >= 0.3 is 0 Å². The van der Waals surface area contributed by atoms with Gasteiger partial charge in [-0.15, -0.1) is 0 Å². The van der Waals surface area contributed by atoms with E-state index in [1.54, 1.807) is 0 Å². The number of halogens is 1. The van der Waals surface area contributed by atoms with Crippen LogP contribution in [-0.2, 0) is 11.2 Å². The number of nitrogens with zero attached hydrogens (tertiary/aromatic N) is 1. The van der Waals surface area contributed by atoms with Crippen LogP contribution < -0.4 is 5.32 Å². The maximum absolute atomic E-state index is 5.96. The van der Waals surface area contributed by atoms with Gasteiger partial charge in [-0.2, -0.15) is 0 Å². The number of ether oxygens (including phenoxy) is 1. The van der Waals surface area contributed by atoms with Gasteiger partial charge in [-0.05, 0) is 37.1 Å². The van der Waals surface area contributed by atoms with Crippen LogP contribution in [0.4, 0.5) is 0 Å². The van der Waals surface area contributed by atoms with Gasteiger partial charge in [0.15, 0.2) is 0 Å². The number of rotatable bonds is 3. The van der Waals surface area contributed by atoms with Crippen molar-refractivity contribution >= 4 is 21.8 Å². The molecule has 1 N–H and O–H groups in total. The molecular formula is C14H17BrN2O. The number of aliphatic imine (C=N–C) groups is 1. The number of hydrogen-bond acceptors (Lipinski definition) is 3. The van der Waals surface area contributed by atoms with Crippen molar-refractivity contribution in [1.82, 2.24) is 5.32 Å². The monoisotopic (exact) mass is 308 g/mol. The summed E-state index contributed by atoms with van der Waals surface area (Å²) in [5.74, 6) is 0.924. The molecular weight excluding hydrogens is 292 g/mol. The summed E-state index contributed by atoms with van der Waals surface area (Å²) in [7, 11) is 0. The molecule has 2 aliphatic rings. The second-order valence-corrected chi connectivity index (χ2v) is 5.82. The SMILES string of the molecule is Brc1cccc(CC2CN=C(C3CCCN3)O2)c1. The highest BCUT2D eigenvalue weighted by atomic mass is 79.9. The van der Waals surface area contributed by atoms with Crippen molar-refractivity contribution in [1.29, 1.82) is 0 Å². The maximum atomic E-state index is 5.96. The largest absolute Gasteiger partial charge is 0.474 e. The molecule has 0 radical (unpaired) electrons. The second kappa shape index (κ2) is 5.41. The molecule has 0 aliphatic carbocycles. The van der Waals surface area contributed by atoms with Crippen molar-refractivity contribution in [3.63, 3.8) is 0 Å². The molecule has 2 heterocycles. The molecule has 4 heteroatoms. The van der Waals surface area contributed by atoms with Crippen LogP contribution in [0.3, 0.4) is 0 Å². The Labute approximate surface area is 116 Å². The van der Waals surface area contributed by atoms with E-state index in [2.05, 4.69) is 44.4 Å². The maximum Gasteiger partial charge on any atom is 0.201 e. The van der Waals surface area contributed by atoms with Gasteiger partial charge in [0.25, 0.3) is 0 Å². The average Bonchev–Trinajstić information content (AvgIpc) is 2.98. The zero-order valence-corrected chi connectivity index (χ0v) is 11.8. The highest BCUT2D eigenvalue weighted by Crippen LogP contribution is 2.19. The average molecular weight is 309 g/mol. The molecule has 0 amide bonds. The third-order valence-corrected chi connectivity index (χ3v) is 3.94. The molecule has 1 fully saturated rings. The molecule has 3 rings (SSSR count). The summed E-state index contributed by atoms with van der Waals surface area (Å²) < 4.78 is 7.08. The fourth-order valence-corrected chi connectivity index (χ4v) is 3.00. The van der Waals surface area contributed by atoms with Crippen LogP contribution in [-0.4, -0.2) is 31.1 Å². The summed E-state index contributed by atoms with van der Waals surface area (Å²) in [5.41, 5.74) is 1.30. The minimum Gasteiger partial charge on any atom is -0.474 e. The van der Waals surface area contributed by atoms with Crippen LogP contribution in [0.1, 0.15) is 18.4 Å². The van der Waals surface area contributed by atoms with Gasteiger partial charge in [0, 0.05) is 10.9 Å². The lowest BCUT2D eigenvalue weighted by molar-refractivity contribution is 0.214. The Balaban J connectivity index is 1.57. The van der Waals surface area contributed by atoms with Crippen LogP contribution in [0.15, 0.2) is 33.7 Å². The molecule has 0 aromatic heterocycles. The summed E-state index contributed by atoms with van der Waals surface area (Å²) in [4.78, 5) is 4.54. The molecule has 1 aromatic rings. The Kier molecular flexibility index (Phi) is 3.66. The molecule has 1 saturated heterocycles. The molecule has 0 bridgehead atoms. The van der Waals surface area contributed by atoms with E-state index in [1.807, 2.05) is 6.07 Å². The van der Waals surface area contributed by atoms with E-state index in [0.29, 0.717) is 6.04 Å². The first-order valence-electron chi connectivity index (χ1n) is 6.50. The van der Waals surface area contributed by atoms with Crippen molar-refractivity contribution < 1.29 is 4.74 Å². The Hall–Kier alpha value is -0.870. The Morgan fingerprint density at radius 1 is 1.44 bits per heavy atom. The molecule has 1 aromatic carbocycles. The molecule has 2 aliphatic heterocycles. The molecule has 18 heavy (non-hydrogen) atoms. The summed E-state index contributed by atoms with van der Waals surface area (Å²) in [6.07, 6.45) is 3.52. The van der Waals surface area contributed by atoms with Crippen LogP contribution in [0, 0.1) is 0 Å². The summed E-state index contributed by atoms with van der Waals surface area (Å²) in [5, 5.41) is 3.43. The van der Waals surface area contributed by atoms with Gasteiger partial charge in [-0.3, -0.25) is 4.99 Å². The molecule has 0 spiro atoms. The number of benzene rings is 1. The zero-order chi connectivity index (χ0) is 12.4. The van der Waals surface area contributed by atoms with E-state index < -0.39 is 0 Å². The summed E-state index contributed by atoms with van der Waals surface area (Å²) in [6.45, 7) is 1.88. The standard InChI is InChI=1S/C14H17BrN2O/c15-11-4-1-3-10(7-11)8-12-9-17-14(18-12)13-5-2-6-16-13/h1,3-4,7,12-13,16H,2,5-6,8-9H2. The molecule has 96 valence electrons. The van der Waals surface area contributed by atoms with Crippen molar-refractivity contribution in [2.24, 2.45) is 4.99 Å². The minimum absolute atomic E-state index is 0.205. The van der Waals surface area contributed by atoms with Crippen molar-refractivity contribution in [3.8, 4) is 0 Å². The summed E-state index contributed by atoms with van der Waals surface area (Å²) in [6, 6.07) is 8.75. The van der Waals surface area contributed by atoms with Crippen LogP contribution in [0.2, 0.25) is 0 Å². The lowest BCUT2D eigenvalue weighted by atomic mass is 10.1. The van der Waals surface area contributed by atoms with Crippen LogP contribution >= 0.6 is 15.9 Å². The lowest BCUT2D eigenvalue weighted by Gasteiger charge is -2.15. The first-order chi connectivity index (χ1) is 8.81. The van der Waals surface area contributed by atoms with Crippen molar-refractivity contribution in [3.05, 3.63) is 34.3 Å². The van der Waals surface area contributed by atoms with Gasteiger partial charge in [0.2, 0.25) is 5.90 Å². The molecule has 2 unspecified atom stereocenters. The van der Waals surface area contributed by atoms with Gasteiger partial charge in [-0.25, -0.2) is 0 Å². The first kappa shape index (κ1) is 12.2. The number of hydrogen-bond donors (Lipinski definition) is 1. The Morgan fingerprint density at radius 3 is 3.17 bits per heavy atom. The topological polar surface area (TPSA) is 33.6 Å². The minimum atomic E-state index is 0.205. The molecule has 0 saturated carbocycles. The van der Waals surface area contributed by atoms with E-state index in [9.17, 15) is 0 Å². The van der Waals surface area contributed by atoms with E-state index in [4.69, 9.17) is 4.74 Å². The fraction of sp³-hybridized carbons (Fsp3) is 0.500. The van der Waals surface area contributed by atoms with E-state index in [0.717, 1.165) is 36.3 Å². The van der Waals surface area contributed by atoms with Crippen molar-refractivity contribution in [2.45, 2.75) is 31.4 Å². The smallest absolute Gasteiger partial charge is 0.201 e. The van der Waals surface area contributed by atoms with Crippen LogP contribution in [0.25, 0.3) is 0 Å². The van der Waals surface area contributed by atoms with E-state index >= 15 is 0 Å². The highest BCUT2D eigenvalue weighted by molar-refractivity contribution is 9.10. The fourth-order valence-electron chi connectivity index (χ4n) is 2.56. The third-order valence-electron chi connectivity index (χ3n) is 3.45. The van der Waals surface area contributed by atoms with Gasteiger partial charge in [-0.1, -0.05) is 28.1 Å². The zero-order valence-electron chi connectivity index (χ0n) is 10.2. The number of nitrogens with one attached hydrogen (secondary N) is 1. The van der Waals surface area contributed by atoms with Gasteiger partial charge in [0.1, 0.15) is 6.10 Å². The summed E-state index contributed by atoms with van der Waals surface area (Å²) >= 11 is 3.50. The van der Waals surface area contributed by atoms with Crippen LogP contribution in [0.5, 0.6) is 0 Å². The van der Waals surface area contributed by atoms with Gasteiger partial charge in [0.05, 0.1) is 12.6 Å². The Bertz CT molecular complexity index is 455. The lowest BCUT2D eigenvalue weighted by Crippen LogP contribution is -2.32. The quantitative estimate of drug-likeness (QED) is 0.931. The van der Waals surface area contributed by atoms with Crippen molar-refractivity contribution in [2.75, 3.05) is 13.1 Å². The van der Waals surface area contributed by atoms with E-state index in [-0.39, 0.29) is 6.10 Å². The van der Waals surface area contributed by atoms with Gasteiger partial charge < -0.3 is 10.1 Å².